The molecule has 0 spiro atoms. The normalized spacial score (nSPS) is 25.3. The van der Waals surface area contributed by atoms with E-state index < -0.39 is 10.0 Å². The predicted molar refractivity (Wildman–Crippen MR) is 74.9 cm³/mol. The van der Waals surface area contributed by atoms with Crippen molar-refractivity contribution in [1.82, 2.24) is 4.72 Å². The summed E-state index contributed by atoms with van der Waals surface area (Å²) >= 11 is 12.7. The van der Waals surface area contributed by atoms with Crippen LogP contribution in [0.3, 0.4) is 0 Å². The van der Waals surface area contributed by atoms with E-state index in [0.29, 0.717) is 4.34 Å². The van der Waals surface area contributed by atoms with Crippen molar-refractivity contribution in [3.8, 4) is 0 Å². The maximum Gasteiger partial charge on any atom is 0.243 e. The lowest BCUT2D eigenvalue weighted by atomic mass is 9.93. The molecular weight excluding hydrogens is 315 g/mol. The summed E-state index contributed by atoms with van der Waals surface area (Å²) in [4.78, 5) is 0.0639. The number of thiophene rings is 1. The maximum absolute atomic E-state index is 12.1. The number of nitrogens with one attached hydrogen (secondary N) is 1. The van der Waals surface area contributed by atoms with E-state index in [1.807, 2.05) is 0 Å². The Morgan fingerprint density at radius 2 is 1.89 bits per heavy atom. The highest BCUT2D eigenvalue weighted by Gasteiger charge is 2.26. The summed E-state index contributed by atoms with van der Waals surface area (Å²) in [6, 6.07) is 1.50. The van der Waals surface area contributed by atoms with Crippen LogP contribution in [0.25, 0.3) is 0 Å². The summed E-state index contributed by atoms with van der Waals surface area (Å²) in [6.07, 6.45) is 3.20. The van der Waals surface area contributed by atoms with Crippen LogP contribution in [-0.4, -0.2) is 20.5 Å². The number of sulfonamides is 1. The third kappa shape index (κ3) is 3.37. The Bertz CT molecular complexity index is 522. The maximum atomic E-state index is 12.1. The van der Waals surface area contributed by atoms with Crippen LogP contribution in [0.1, 0.15) is 25.7 Å². The van der Waals surface area contributed by atoms with Crippen LogP contribution in [-0.2, 0) is 10.0 Å². The molecule has 2 rings (SSSR count). The molecule has 0 saturated heterocycles. The molecule has 0 atom stereocenters. The molecule has 0 aromatic carbocycles. The van der Waals surface area contributed by atoms with Crippen LogP contribution < -0.4 is 10.5 Å². The molecule has 0 bridgehead atoms. The van der Waals surface area contributed by atoms with Crippen molar-refractivity contribution < 1.29 is 8.42 Å². The molecule has 0 aliphatic heterocycles. The number of hydrogen-bond acceptors (Lipinski definition) is 4. The lowest BCUT2D eigenvalue weighted by molar-refractivity contribution is 0.373. The molecule has 0 unspecified atom stereocenters. The van der Waals surface area contributed by atoms with E-state index >= 15 is 0 Å². The van der Waals surface area contributed by atoms with Gasteiger partial charge in [0.2, 0.25) is 10.0 Å². The molecule has 1 fully saturated rings. The lowest BCUT2D eigenvalue weighted by Gasteiger charge is -2.26. The third-order valence-corrected chi connectivity index (χ3v) is 6.28. The zero-order valence-corrected chi connectivity index (χ0v) is 12.7. The van der Waals surface area contributed by atoms with E-state index in [1.54, 1.807) is 0 Å². The van der Waals surface area contributed by atoms with Gasteiger partial charge in [-0.3, -0.25) is 0 Å². The second kappa shape index (κ2) is 5.64. The van der Waals surface area contributed by atoms with Crippen LogP contribution in [0.4, 0.5) is 0 Å². The van der Waals surface area contributed by atoms with Crippen molar-refractivity contribution in [2.45, 2.75) is 42.7 Å². The molecule has 18 heavy (non-hydrogen) atoms. The second-order valence-electron chi connectivity index (χ2n) is 4.42. The summed E-state index contributed by atoms with van der Waals surface area (Å²) in [5.74, 6) is 0. The first-order valence-corrected chi connectivity index (χ1v) is 8.67. The first-order chi connectivity index (χ1) is 8.38. The SMILES string of the molecule is NC1CCC(NS(=O)(=O)c2cc(Cl)sc2Cl)CC1. The molecule has 1 saturated carbocycles. The van der Waals surface area contributed by atoms with Crippen LogP contribution >= 0.6 is 34.5 Å². The Kier molecular flexibility index (Phi) is 4.57. The first-order valence-electron chi connectivity index (χ1n) is 5.61. The molecule has 1 aliphatic rings. The molecule has 3 N–H and O–H groups in total. The summed E-state index contributed by atoms with van der Waals surface area (Å²) < 4.78 is 27.5. The Labute approximate surface area is 121 Å². The van der Waals surface area contributed by atoms with Gasteiger partial charge in [-0.2, -0.15) is 0 Å². The van der Waals surface area contributed by atoms with E-state index in [9.17, 15) is 8.42 Å². The van der Waals surface area contributed by atoms with Gasteiger partial charge >= 0.3 is 0 Å². The number of rotatable bonds is 3. The molecule has 8 heteroatoms. The monoisotopic (exact) mass is 328 g/mol. The first kappa shape index (κ1) is 14.6. The van der Waals surface area contributed by atoms with E-state index in [4.69, 9.17) is 28.9 Å². The molecule has 1 heterocycles. The van der Waals surface area contributed by atoms with Gasteiger partial charge < -0.3 is 5.73 Å². The predicted octanol–water partition coefficient (Wildman–Crippen LogP) is 2.60. The molecule has 0 amide bonds. The molecule has 102 valence electrons. The van der Waals surface area contributed by atoms with Crippen molar-refractivity contribution in [1.29, 1.82) is 0 Å². The quantitative estimate of drug-likeness (QED) is 0.895. The van der Waals surface area contributed by atoms with Crippen LogP contribution in [0.15, 0.2) is 11.0 Å². The fraction of sp³-hybridized carbons (Fsp3) is 0.600. The van der Waals surface area contributed by atoms with Gasteiger partial charge in [-0.05, 0) is 31.7 Å². The fourth-order valence-electron chi connectivity index (χ4n) is 2.03. The summed E-state index contributed by atoms with van der Waals surface area (Å²) in [7, 11) is -3.58. The standard InChI is InChI=1S/C10H14Cl2N2O2S2/c11-9-5-8(10(12)17-9)18(15,16)14-7-3-1-6(13)2-4-7/h5-7,14H,1-4,13H2. The van der Waals surface area contributed by atoms with Crippen molar-refractivity contribution in [2.75, 3.05) is 0 Å². The minimum absolute atomic E-state index is 0.0639. The minimum atomic E-state index is -3.58. The molecule has 1 aromatic heterocycles. The highest BCUT2D eigenvalue weighted by atomic mass is 35.5. The van der Waals surface area contributed by atoms with Gasteiger partial charge in [-0.15, -0.1) is 11.3 Å². The number of hydrogen-bond donors (Lipinski definition) is 2. The Hall–Kier alpha value is 0.150. The topological polar surface area (TPSA) is 72.2 Å². The highest BCUT2D eigenvalue weighted by molar-refractivity contribution is 7.89. The smallest absolute Gasteiger partial charge is 0.243 e. The summed E-state index contributed by atoms with van der Waals surface area (Å²) in [5, 5.41) is 0. The molecule has 4 nitrogen and oxygen atoms in total. The largest absolute Gasteiger partial charge is 0.328 e. The van der Waals surface area contributed by atoms with Gasteiger partial charge in [0, 0.05) is 12.1 Å². The molecule has 1 aliphatic carbocycles. The highest BCUT2D eigenvalue weighted by Crippen LogP contribution is 2.34. The van der Waals surface area contributed by atoms with Crippen molar-refractivity contribution in [2.24, 2.45) is 5.73 Å². The van der Waals surface area contributed by atoms with E-state index in [1.165, 1.54) is 6.07 Å². The number of nitrogens with two attached hydrogens (primary N) is 1. The zero-order valence-electron chi connectivity index (χ0n) is 9.53. The summed E-state index contributed by atoms with van der Waals surface area (Å²) in [5.41, 5.74) is 5.79. The van der Waals surface area contributed by atoms with Gasteiger partial charge in [0.05, 0.1) is 4.34 Å². The van der Waals surface area contributed by atoms with Gasteiger partial charge in [0.15, 0.2) is 0 Å². The van der Waals surface area contributed by atoms with Crippen LogP contribution in [0.5, 0.6) is 0 Å². The lowest BCUT2D eigenvalue weighted by Crippen LogP contribution is -2.40. The van der Waals surface area contributed by atoms with E-state index in [2.05, 4.69) is 4.72 Å². The van der Waals surface area contributed by atoms with Crippen molar-refractivity contribution >= 4 is 44.6 Å². The average molecular weight is 329 g/mol. The van der Waals surface area contributed by atoms with Crippen LogP contribution in [0.2, 0.25) is 8.67 Å². The minimum Gasteiger partial charge on any atom is -0.328 e. The Morgan fingerprint density at radius 1 is 1.28 bits per heavy atom. The summed E-state index contributed by atoms with van der Waals surface area (Å²) in [6.45, 7) is 0. The molecular formula is C10H14Cl2N2O2S2. The van der Waals surface area contributed by atoms with Crippen LogP contribution in [0, 0.1) is 0 Å². The zero-order chi connectivity index (χ0) is 13.3. The van der Waals surface area contributed by atoms with E-state index in [0.717, 1.165) is 37.0 Å². The van der Waals surface area contributed by atoms with Gasteiger partial charge in [0.1, 0.15) is 9.23 Å². The average Bonchev–Trinajstić information content (AvgIpc) is 2.62. The van der Waals surface area contributed by atoms with Gasteiger partial charge in [-0.1, -0.05) is 23.2 Å². The fourth-order valence-corrected chi connectivity index (χ4v) is 5.48. The number of halogens is 2. The molecule has 1 aromatic rings. The third-order valence-electron chi connectivity index (χ3n) is 3.01. The van der Waals surface area contributed by atoms with Gasteiger partial charge in [-0.25, -0.2) is 13.1 Å². The Morgan fingerprint density at radius 3 is 2.39 bits per heavy atom. The van der Waals surface area contributed by atoms with Crippen molar-refractivity contribution in [3.05, 3.63) is 14.7 Å². The van der Waals surface area contributed by atoms with E-state index in [-0.39, 0.29) is 21.3 Å². The van der Waals surface area contributed by atoms with Crippen molar-refractivity contribution in [3.63, 3.8) is 0 Å². The second-order valence-corrected chi connectivity index (χ2v) is 8.39. The van der Waals surface area contributed by atoms with Gasteiger partial charge in [0.25, 0.3) is 0 Å². The molecule has 0 radical (unpaired) electrons. The Balaban J connectivity index is 2.10.